The molecule has 1 aliphatic heterocycles. The molecule has 2 aromatic carbocycles. The maximum atomic E-state index is 4.97. The summed E-state index contributed by atoms with van der Waals surface area (Å²) < 4.78 is 0. The van der Waals surface area contributed by atoms with E-state index in [1.54, 1.807) is 0 Å². The Balaban J connectivity index is 2.07. The van der Waals surface area contributed by atoms with Crippen molar-refractivity contribution in [1.82, 2.24) is 0 Å². The van der Waals surface area contributed by atoms with Crippen molar-refractivity contribution < 1.29 is 0 Å². The monoisotopic (exact) mass is 247 g/mol. The fourth-order valence-corrected chi connectivity index (χ4v) is 2.52. The van der Waals surface area contributed by atoms with E-state index >= 15 is 0 Å². The molecule has 1 heteroatoms. The molecule has 0 spiro atoms. The Morgan fingerprint density at radius 3 is 2.05 bits per heavy atom. The van der Waals surface area contributed by atoms with E-state index in [2.05, 4.69) is 68.5 Å². The Morgan fingerprint density at radius 2 is 1.42 bits per heavy atom. The Hall–Kier alpha value is -2.15. The number of hydrogen-bond acceptors (Lipinski definition) is 1. The van der Waals surface area contributed by atoms with Crippen LogP contribution in [0.15, 0.2) is 77.3 Å². The first-order chi connectivity index (χ1) is 9.20. The minimum atomic E-state index is -0.230. The van der Waals surface area contributed by atoms with Gasteiger partial charge in [-0.15, -0.1) is 0 Å². The first kappa shape index (κ1) is 11.9. The number of nitrogens with zero attached hydrogens (tertiary/aromatic N) is 1. The molecular weight excluding hydrogens is 230 g/mol. The number of aliphatic imine (C=N–C) groups is 1. The minimum absolute atomic E-state index is 0.230. The molecule has 0 radical (unpaired) electrons. The second kappa shape index (κ2) is 4.51. The largest absolute Gasteiger partial charge is 0.269 e. The van der Waals surface area contributed by atoms with Crippen LogP contribution in [-0.2, 0) is 5.54 Å². The van der Waals surface area contributed by atoms with Crippen molar-refractivity contribution in [3.05, 3.63) is 83.4 Å². The van der Waals surface area contributed by atoms with Crippen LogP contribution in [0.25, 0.3) is 0 Å². The van der Waals surface area contributed by atoms with E-state index in [0.29, 0.717) is 0 Å². The van der Waals surface area contributed by atoms with E-state index in [4.69, 9.17) is 4.99 Å². The van der Waals surface area contributed by atoms with Gasteiger partial charge in [-0.2, -0.15) is 0 Å². The highest BCUT2D eigenvalue weighted by Gasteiger charge is 2.32. The van der Waals surface area contributed by atoms with Crippen molar-refractivity contribution in [2.24, 2.45) is 4.99 Å². The normalized spacial score (nSPS) is 22.0. The number of benzene rings is 2. The molecule has 1 heterocycles. The lowest BCUT2D eigenvalue weighted by Gasteiger charge is -2.23. The third-order valence-corrected chi connectivity index (χ3v) is 3.87. The lowest BCUT2D eigenvalue weighted by atomic mass is 9.87. The summed E-state index contributed by atoms with van der Waals surface area (Å²) in [4.78, 5) is 4.97. The standard InChI is InChI=1S/C18H17N/c1-14-13-17(15-9-5-3-6-10-15)19-18(14,2)16-11-7-4-8-12-16/h3-13H,1-2H3. The van der Waals surface area contributed by atoms with Gasteiger partial charge in [0, 0.05) is 0 Å². The number of allylic oxidation sites excluding steroid dienone is 1. The van der Waals surface area contributed by atoms with Gasteiger partial charge in [0.2, 0.25) is 0 Å². The second-order valence-electron chi connectivity index (χ2n) is 5.13. The summed E-state index contributed by atoms with van der Waals surface area (Å²) in [5.41, 5.74) is 4.56. The Morgan fingerprint density at radius 1 is 0.842 bits per heavy atom. The van der Waals surface area contributed by atoms with Gasteiger partial charge < -0.3 is 0 Å². The zero-order chi connectivity index (χ0) is 13.3. The van der Waals surface area contributed by atoms with E-state index in [9.17, 15) is 0 Å². The lowest BCUT2D eigenvalue weighted by Crippen LogP contribution is -2.18. The molecule has 0 bridgehead atoms. The highest BCUT2D eigenvalue weighted by atomic mass is 14.9. The molecule has 94 valence electrons. The fraction of sp³-hybridized carbons (Fsp3) is 0.167. The van der Waals surface area contributed by atoms with Crippen LogP contribution in [0.4, 0.5) is 0 Å². The SMILES string of the molecule is CC1=CC(c2ccccc2)=NC1(C)c1ccccc1. The van der Waals surface area contributed by atoms with Crippen molar-refractivity contribution in [2.75, 3.05) is 0 Å². The highest BCUT2D eigenvalue weighted by molar-refractivity contribution is 6.11. The zero-order valence-corrected chi connectivity index (χ0v) is 11.3. The molecule has 0 amide bonds. The molecule has 3 rings (SSSR count). The summed E-state index contributed by atoms with van der Waals surface area (Å²) in [6.07, 6.45) is 2.20. The summed E-state index contributed by atoms with van der Waals surface area (Å²) in [6.45, 7) is 4.34. The van der Waals surface area contributed by atoms with Gasteiger partial charge in [-0.05, 0) is 36.6 Å². The van der Waals surface area contributed by atoms with Gasteiger partial charge in [0.25, 0.3) is 0 Å². The molecule has 1 atom stereocenters. The van der Waals surface area contributed by atoms with Gasteiger partial charge in [-0.25, -0.2) is 0 Å². The van der Waals surface area contributed by atoms with Crippen LogP contribution in [0.2, 0.25) is 0 Å². The van der Waals surface area contributed by atoms with Crippen molar-refractivity contribution in [1.29, 1.82) is 0 Å². The van der Waals surface area contributed by atoms with Crippen LogP contribution in [0, 0.1) is 0 Å². The third-order valence-electron chi connectivity index (χ3n) is 3.87. The summed E-state index contributed by atoms with van der Waals surface area (Å²) in [7, 11) is 0. The molecule has 2 aromatic rings. The zero-order valence-electron chi connectivity index (χ0n) is 11.3. The fourth-order valence-electron chi connectivity index (χ4n) is 2.52. The van der Waals surface area contributed by atoms with Crippen LogP contribution in [0.5, 0.6) is 0 Å². The van der Waals surface area contributed by atoms with E-state index in [1.165, 1.54) is 16.7 Å². The topological polar surface area (TPSA) is 12.4 Å². The summed E-state index contributed by atoms with van der Waals surface area (Å²) in [5.74, 6) is 0. The van der Waals surface area contributed by atoms with E-state index in [0.717, 1.165) is 5.71 Å². The summed E-state index contributed by atoms with van der Waals surface area (Å²) >= 11 is 0. The summed E-state index contributed by atoms with van der Waals surface area (Å²) in [6, 6.07) is 20.9. The molecular formula is C18H17N. The average Bonchev–Trinajstić information content (AvgIpc) is 2.78. The third kappa shape index (κ3) is 2.01. The predicted octanol–water partition coefficient (Wildman–Crippen LogP) is 4.35. The number of rotatable bonds is 2. The van der Waals surface area contributed by atoms with E-state index in [-0.39, 0.29) is 5.54 Å². The van der Waals surface area contributed by atoms with Crippen LogP contribution < -0.4 is 0 Å². The van der Waals surface area contributed by atoms with Crippen molar-refractivity contribution in [2.45, 2.75) is 19.4 Å². The van der Waals surface area contributed by atoms with E-state index in [1.807, 2.05) is 12.1 Å². The van der Waals surface area contributed by atoms with Gasteiger partial charge in [-0.3, -0.25) is 4.99 Å². The molecule has 0 aromatic heterocycles. The quantitative estimate of drug-likeness (QED) is 0.748. The first-order valence-electron chi connectivity index (χ1n) is 6.60. The van der Waals surface area contributed by atoms with Crippen molar-refractivity contribution >= 4 is 5.71 Å². The first-order valence-corrected chi connectivity index (χ1v) is 6.60. The van der Waals surface area contributed by atoms with Crippen LogP contribution >= 0.6 is 0 Å². The Kier molecular flexibility index (Phi) is 2.83. The second-order valence-corrected chi connectivity index (χ2v) is 5.13. The van der Waals surface area contributed by atoms with Crippen LogP contribution in [0.1, 0.15) is 25.0 Å². The summed E-state index contributed by atoms with van der Waals surface area (Å²) in [5, 5.41) is 0. The molecule has 0 saturated heterocycles. The molecule has 0 aliphatic carbocycles. The lowest BCUT2D eigenvalue weighted by molar-refractivity contribution is 0.604. The molecule has 0 fully saturated rings. The van der Waals surface area contributed by atoms with Crippen molar-refractivity contribution in [3.8, 4) is 0 Å². The highest BCUT2D eigenvalue weighted by Crippen LogP contribution is 2.38. The molecule has 19 heavy (non-hydrogen) atoms. The van der Waals surface area contributed by atoms with Gasteiger partial charge in [0.15, 0.2) is 0 Å². The average molecular weight is 247 g/mol. The smallest absolute Gasteiger partial charge is 0.105 e. The van der Waals surface area contributed by atoms with E-state index < -0.39 is 0 Å². The molecule has 0 saturated carbocycles. The molecule has 1 aliphatic rings. The Bertz CT molecular complexity index is 638. The Labute approximate surface area is 114 Å². The molecule has 1 unspecified atom stereocenters. The van der Waals surface area contributed by atoms with Crippen molar-refractivity contribution in [3.63, 3.8) is 0 Å². The minimum Gasteiger partial charge on any atom is -0.269 e. The maximum absolute atomic E-state index is 4.97. The number of hydrogen-bond donors (Lipinski definition) is 0. The maximum Gasteiger partial charge on any atom is 0.105 e. The van der Waals surface area contributed by atoms with Gasteiger partial charge in [-0.1, -0.05) is 60.7 Å². The van der Waals surface area contributed by atoms with Crippen LogP contribution in [-0.4, -0.2) is 5.71 Å². The predicted molar refractivity (Wildman–Crippen MR) is 80.5 cm³/mol. The molecule has 1 nitrogen and oxygen atoms in total. The van der Waals surface area contributed by atoms with Crippen LogP contribution in [0.3, 0.4) is 0 Å². The van der Waals surface area contributed by atoms with Gasteiger partial charge in [0.1, 0.15) is 5.54 Å². The van der Waals surface area contributed by atoms with Gasteiger partial charge in [0.05, 0.1) is 5.71 Å². The van der Waals surface area contributed by atoms with Gasteiger partial charge >= 0.3 is 0 Å². The molecule has 0 N–H and O–H groups in total.